The Morgan fingerprint density at radius 1 is 1.00 bits per heavy atom. The SMILES string of the molecule is N#Cc1ccc2c(c1)N(CCCN1CCN(CCNC(=O)CN)CC1)c1ccccc1S2. The van der Waals surface area contributed by atoms with Crippen molar-refractivity contribution in [2.75, 3.05) is 63.8 Å². The Morgan fingerprint density at radius 3 is 2.47 bits per heavy atom. The van der Waals surface area contributed by atoms with Gasteiger partial charge in [0.25, 0.3) is 0 Å². The summed E-state index contributed by atoms with van der Waals surface area (Å²) in [4.78, 5) is 21.0. The van der Waals surface area contributed by atoms with Crippen LogP contribution in [0, 0.1) is 11.3 Å². The highest BCUT2D eigenvalue weighted by molar-refractivity contribution is 7.99. The van der Waals surface area contributed by atoms with E-state index in [-0.39, 0.29) is 12.5 Å². The molecule has 168 valence electrons. The van der Waals surface area contributed by atoms with Crippen molar-refractivity contribution < 1.29 is 4.79 Å². The maximum Gasteiger partial charge on any atom is 0.233 e. The van der Waals surface area contributed by atoms with Crippen LogP contribution in [-0.2, 0) is 4.79 Å². The molecule has 2 aromatic rings. The first-order valence-electron chi connectivity index (χ1n) is 11.2. The summed E-state index contributed by atoms with van der Waals surface area (Å²) in [6, 6.07) is 16.8. The molecule has 0 aliphatic carbocycles. The van der Waals surface area contributed by atoms with E-state index < -0.39 is 0 Å². The number of fused-ring (bicyclic) bond motifs is 2. The van der Waals surface area contributed by atoms with Gasteiger partial charge < -0.3 is 20.9 Å². The molecule has 1 saturated heterocycles. The number of nitrogens with two attached hydrogens (primary N) is 1. The van der Waals surface area contributed by atoms with Gasteiger partial charge in [-0.1, -0.05) is 23.9 Å². The molecule has 0 atom stereocenters. The molecule has 1 fully saturated rings. The number of anilines is 2. The lowest BCUT2D eigenvalue weighted by Gasteiger charge is -2.36. The summed E-state index contributed by atoms with van der Waals surface area (Å²) < 4.78 is 0. The Hall–Kier alpha value is -2.57. The van der Waals surface area contributed by atoms with Gasteiger partial charge in [-0.25, -0.2) is 0 Å². The van der Waals surface area contributed by atoms with Crippen LogP contribution in [0.3, 0.4) is 0 Å². The van der Waals surface area contributed by atoms with Gasteiger partial charge >= 0.3 is 0 Å². The number of rotatable bonds is 8. The number of piperazine rings is 1. The van der Waals surface area contributed by atoms with Crippen molar-refractivity contribution in [3.05, 3.63) is 48.0 Å². The summed E-state index contributed by atoms with van der Waals surface area (Å²) in [6.45, 7) is 7.70. The van der Waals surface area contributed by atoms with E-state index in [2.05, 4.69) is 56.4 Å². The van der Waals surface area contributed by atoms with Gasteiger partial charge in [0.2, 0.25) is 5.91 Å². The Morgan fingerprint density at radius 2 is 1.72 bits per heavy atom. The minimum atomic E-state index is -0.0928. The molecule has 0 spiro atoms. The average molecular weight is 451 g/mol. The number of carbonyl (C=O) groups is 1. The summed E-state index contributed by atoms with van der Waals surface area (Å²) in [5.41, 5.74) is 8.39. The maximum absolute atomic E-state index is 11.3. The van der Waals surface area contributed by atoms with Crippen molar-refractivity contribution in [1.29, 1.82) is 5.26 Å². The van der Waals surface area contributed by atoms with Gasteiger partial charge in [-0.2, -0.15) is 5.26 Å². The molecule has 2 aliphatic heterocycles. The fourth-order valence-corrected chi connectivity index (χ4v) is 5.33. The van der Waals surface area contributed by atoms with E-state index >= 15 is 0 Å². The molecule has 2 heterocycles. The summed E-state index contributed by atoms with van der Waals surface area (Å²) in [7, 11) is 0. The molecule has 0 saturated carbocycles. The molecule has 3 N–H and O–H groups in total. The molecular weight excluding hydrogens is 420 g/mol. The second-order valence-electron chi connectivity index (χ2n) is 8.11. The van der Waals surface area contributed by atoms with E-state index in [1.807, 2.05) is 12.1 Å². The standard InChI is InChI=1S/C24H30N6OS/c25-17-19-6-7-23-21(16-19)30(20-4-1-2-5-22(20)32-23)10-3-9-28-12-14-29(15-13-28)11-8-27-24(31)18-26/h1-2,4-7,16H,3,8-15,18,26H2,(H,27,31). The monoisotopic (exact) mass is 450 g/mol. The molecule has 8 heteroatoms. The van der Waals surface area contributed by atoms with Gasteiger partial charge in [-0.3, -0.25) is 9.69 Å². The van der Waals surface area contributed by atoms with Gasteiger partial charge in [-0.05, 0) is 43.3 Å². The Labute approximate surface area is 194 Å². The first-order chi connectivity index (χ1) is 15.7. The fourth-order valence-electron chi connectivity index (χ4n) is 4.25. The lowest BCUT2D eigenvalue weighted by molar-refractivity contribution is -0.119. The van der Waals surface area contributed by atoms with E-state index in [0.717, 1.165) is 57.9 Å². The number of hydrogen-bond acceptors (Lipinski definition) is 7. The number of nitrogens with one attached hydrogen (secondary N) is 1. The fraction of sp³-hybridized carbons (Fsp3) is 0.417. The molecule has 32 heavy (non-hydrogen) atoms. The summed E-state index contributed by atoms with van der Waals surface area (Å²) >= 11 is 1.78. The molecule has 2 aromatic carbocycles. The van der Waals surface area contributed by atoms with Crippen molar-refractivity contribution in [1.82, 2.24) is 15.1 Å². The normalized spacial score (nSPS) is 16.2. The summed E-state index contributed by atoms with van der Waals surface area (Å²) in [6.07, 6.45) is 1.06. The minimum absolute atomic E-state index is 0.0518. The number of nitriles is 1. The number of amides is 1. The number of para-hydroxylation sites is 1. The highest BCUT2D eigenvalue weighted by Gasteiger charge is 2.24. The lowest BCUT2D eigenvalue weighted by Crippen LogP contribution is -2.49. The molecule has 1 amide bonds. The Bertz CT molecular complexity index is 983. The van der Waals surface area contributed by atoms with Crippen molar-refractivity contribution in [2.24, 2.45) is 5.73 Å². The van der Waals surface area contributed by atoms with Crippen molar-refractivity contribution in [3.63, 3.8) is 0 Å². The zero-order valence-corrected chi connectivity index (χ0v) is 19.1. The topological polar surface area (TPSA) is 88.6 Å². The largest absolute Gasteiger partial charge is 0.354 e. The van der Waals surface area contributed by atoms with Crippen LogP contribution < -0.4 is 16.0 Å². The number of hydrogen-bond donors (Lipinski definition) is 2. The van der Waals surface area contributed by atoms with Crippen molar-refractivity contribution in [2.45, 2.75) is 16.2 Å². The van der Waals surface area contributed by atoms with Crippen molar-refractivity contribution >= 4 is 29.0 Å². The zero-order chi connectivity index (χ0) is 22.3. The Kier molecular flexibility index (Phi) is 7.66. The highest BCUT2D eigenvalue weighted by atomic mass is 32.2. The number of benzene rings is 2. The predicted molar refractivity (Wildman–Crippen MR) is 128 cm³/mol. The smallest absolute Gasteiger partial charge is 0.233 e. The average Bonchev–Trinajstić information content (AvgIpc) is 2.84. The Balaban J connectivity index is 1.30. The summed E-state index contributed by atoms with van der Waals surface area (Å²) in [5.74, 6) is -0.0928. The van der Waals surface area contributed by atoms with Crippen LogP contribution in [-0.4, -0.2) is 74.6 Å². The van der Waals surface area contributed by atoms with Crippen LogP contribution in [0.4, 0.5) is 11.4 Å². The third-order valence-corrected chi connectivity index (χ3v) is 7.14. The first kappa shape index (κ1) is 22.6. The molecule has 0 unspecified atom stereocenters. The summed E-state index contributed by atoms with van der Waals surface area (Å²) in [5, 5.41) is 12.2. The highest BCUT2D eigenvalue weighted by Crippen LogP contribution is 2.48. The van der Waals surface area contributed by atoms with Crippen LogP contribution in [0.2, 0.25) is 0 Å². The van der Waals surface area contributed by atoms with E-state index in [9.17, 15) is 10.1 Å². The molecule has 4 rings (SSSR count). The van der Waals surface area contributed by atoms with Crippen LogP contribution >= 0.6 is 11.8 Å². The second kappa shape index (κ2) is 10.8. The quantitative estimate of drug-likeness (QED) is 0.638. The molecule has 0 aromatic heterocycles. The zero-order valence-electron chi connectivity index (χ0n) is 18.3. The number of carbonyl (C=O) groups excluding carboxylic acids is 1. The molecule has 7 nitrogen and oxygen atoms in total. The van der Waals surface area contributed by atoms with Gasteiger partial charge in [0.15, 0.2) is 0 Å². The van der Waals surface area contributed by atoms with Gasteiger partial charge in [-0.15, -0.1) is 0 Å². The first-order valence-corrected chi connectivity index (χ1v) is 12.0. The third kappa shape index (κ3) is 5.43. The predicted octanol–water partition coefficient (Wildman–Crippen LogP) is 2.24. The molecule has 0 radical (unpaired) electrons. The van der Waals surface area contributed by atoms with Crippen LogP contribution in [0.15, 0.2) is 52.3 Å². The molecule has 0 bridgehead atoms. The van der Waals surface area contributed by atoms with E-state index in [1.54, 1.807) is 11.8 Å². The van der Waals surface area contributed by atoms with Crippen LogP contribution in [0.25, 0.3) is 0 Å². The molecular formula is C24H30N6OS. The van der Waals surface area contributed by atoms with E-state index in [1.165, 1.54) is 15.5 Å². The second-order valence-corrected chi connectivity index (χ2v) is 9.19. The molecule has 2 aliphatic rings. The minimum Gasteiger partial charge on any atom is -0.354 e. The van der Waals surface area contributed by atoms with E-state index in [4.69, 9.17) is 5.73 Å². The van der Waals surface area contributed by atoms with Gasteiger partial charge in [0.05, 0.1) is 29.6 Å². The van der Waals surface area contributed by atoms with Crippen LogP contribution in [0.5, 0.6) is 0 Å². The third-order valence-electron chi connectivity index (χ3n) is 6.01. The lowest BCUT2D eigenvalue weighted by atomic mass is 10.1. The number of nitrogens with zero attached hydrogens (tertiary/aromatic N) is 4. The van der Waals surface area contributed by atoms with Gasteiger partial charge in [0, 0.05) is 55.6 Å². The van der Waals surface area contributed by atoms with Gasteiger partial charge in [0.1, 0.15) is 0 Å². The van der Waals surface area contributed by atoms with Crippen molar-refractivity contribution in [3.8, 4) is 6.07 Å². The van der Waals surface area contributed by atoms with Crippen LogP contribution in [0.1, 0.15) is 12.0 Å². The van der Waals surface area contributed by atoms with E-state index in [0.29, 0.717) is 12.1 Å². The maximum atomic E-state index is 11.3.